The SMILES string of the molecule is CCNCC.O=C(O)c1ccc2c(c1)Oc1ccccc1N2C1CC2CCC(C1)N2Cc1ncc[nH]1. The molecule has 2 bridgehead atoms. The Hall–Kier alpha value is -3.36. The number of nitrogens with zero attached hydrogens (tertiary/aromatic N) is 3. The standard InChI is InChI=1S/C24H24N4O3.C4H11N/c29-24(30)15-5-8-20-22(11-15)31-21-4-2-1-3-19(21)28(20)18-12-16-6-7-17(13-18)27(16)14-23-25-9-10-26-23;1-3-5-4-2/h1-5,8-11,16-18H,6-7,12-14H2,(H,25,26)(H,29,30);5H,3-4H2,1-2H3. The maximum absolute atomic E-state index is 11.5. The molecule has 8 heteroatoms. The van der Waals surface area contributed by atoms with Crippen molar-refractivity contribution in [3.63, 3.8) is 0 Å². The zero-order valence-corrected chi connectivity index (χ0v) is 21.0. The Morgan fingerprint density at radius 1 is 1.06 bits per heavy atom. The molecule has 6 rings (SSSR count). The largest absolute Gasteiger partial charge is 0.478 e. The van der Waals surface area contributed by atoms with Gasteiger partial charge in [0.1, 0.15) is 5.82 Å². The predicted octanol–water partition coefficient (Wildman–Crippen LogP) is 5.16. The molecule has 2 unspecified atom stereocenters. The van der Waals surface area contributed by atoms with Crippen LogP contribution in [0.1, 0.15) is 55.7 Å². The molecule has 3 aliphatic rings. The summed E-state index contributed by atoms with van der Waals surface area (Å²) in [6.07, 6.45) is 8.24. The van der Waals surface area contributed by atoms with E-state index in [9.17, 15) is 9.90 Å². The Labute approximate surface area is 212 Å². The summed E-state index contributed by atoms with van der Waals surface area (Å²) in [7, 11) is 0. The van der Waals surface area contributed by atoms with Crippen molar-refractivity contribution in [2.24, 2.45) is 0 Å². The van der Waals surface area contributed by atoms with Gasteiger partial charge in [-0.3, -0.25) is 4.90 Å². The highest BCUT2D eigenvalue weighted by atomic mass is 16.5. The van der Waals surface area contributed by atoms with E-state index < -0.39 is 5.97 Å². The number of fused-ring (bicyclic) bond motifs is 4. The van der Waals surface area contributed by atoms with E-state index in [4.69, 9.17) is 4.74 Å². The Morgan fingerprint density at radius 3 is 2.42 bits per heavy atom. The molecular weight excluding hydrogens is 454 g/mol. The van der Waals surface area contributed by atoms with Crippen molar-refractivity contribution in [2.75, 3.05) is 18.0 Å². The summed E-state index contributed by atoms with van der Waals surface area (Å²) in [4.78, 5) is 24.2. The van der Waals surface area contributed by atoms with Crippen molar-refractivity contribution in [1.29, 1.82) is 0 Å². The number of hydrogen-bond acceptors (Lipinski definition) is 6. The highest BCUT2D eigenvalue weighted by Crippen LogP contribution is 2.51. The first-order valence-corrected chi connectivity index (χ1v) is 13.0. The topological polar surface area (TPSA) is 93.7 Å². The number of aromatic amines is 1. The van der Waals surface area contributed by atoms with Crippen molar-refractivity contribution in [3.8, 4) is 11.5 Å². The van der Waals surface area contributed by atoms with Crippen LogP contribution in [0, 0.1) is 0 Å². The Morgan fingerprint density at radius 2 is 1.78 bits per heavy atom. The number of anilines is 2. The van der Waals surface area contributed by atoms with Crippen molar-refractivity contribution < 1.29 is 14.6 Å². The number of benzene rings is 2. The maximum Gasteiger partial charge on any atom is 0.335 e. The van der Waals surface area contributed by atoms with Gasteiger partial charge in [-0.1, -0.05) is 26.0 Å². The maximum atomic E-state index is 11.5. The summed E-state index contributed by atoms with van der Waals surface area (Å²) in [6.45, 7) is 7.26. The lowest BCUT2D eigenvalue weighted by atomic mass is 9.93. The van der Waals surface area contributed by atoms with E-state index >= 15 is 0 Å². The number of imidazole rings is 1. The molecule has 3 aliphatic heterocycles. The van der Waals surface area contributed by atoms with Crippen LogP contribution < -0.4 is 15.0 Å². The smallest absolute Gasteiger partial charge is 0.335 e. The van der Waals surface area contributed by atoms with Crippen LogP contribution >= 0.6 is 0 Å². The number of piperidine rings is 1. The van der Waals surface area contributed by atoms with Gasteiger partial charge in [0.15, 0.2) is 11.5 Å². The minimum atomic E-state index is -0.943. The van der Waals surface area contributed by atoms with Crippen LogP contribution in [-0.2, 0) is 6.54 Å². The number of nitrogens with one attached hydrogen (secondary N) is 2. The lowest BCUT2D eigenvalue weighted by molar-refractivity contribution is 0.0696. The molecule has 2 atom stereocenters. The molecule has 0 radical (unpaired) electrons. The summed E-state index contributed by atoms with van der Waals surface area (Å²) in [5.41, 5.74) is 2.25. The second-order valence-electron chi connectivity index (χ2n) is 9.60. The molecule has 2 saturated heterocycles. The Kier molecular flexibility index (Phi) is 7.25. The number of aromatic nitrogens is 2. The number of H-pyrrole nitrogens is 1. The minimum Gasteiger partial charge on any atom is -0.478 e. The third-order valence-corrected chi connectivity index (χ3v) is 7.42. The normalized spacial score (nSPS) is 22.2. The molecule has 0 spiro atoms. The molecule has 190 valence electrons. The van der Waals surface area contributed by atoms with E-state index in [0.717, 1.165) is 55.4 Å². The van der Waals surface area contributed by atoms with E-state index in [-0.39, 0.29) is 5.56 Å². The highest BCUT2D eigenvalue weighted by Gasteiger charge is 2.44. The van der Waals surface area contributed by atoms with Gasteiger partial charge in [0.05, 0.1) is 23.5 Å². The first-order chi connectivity index (χ1) is 17.6. The second kappa shape index (κ2) is 10.7. The average Bonchev–Trinajstić information content (AvgIpc) is 3.48. The van der Waals surface area contributed by atoms with Crippen molar-refractivity contribution >= 4 is 17.3 Å². The molecule has 3 aromatic rings. The van der Waals surface area contributed by atoms with Gasteiger partial charge < -0.3 is 25.0 Å². The summed E-state index contributed by atoms with van der Waals surface area (Å²) in [6, 6.07) is 14.6. The molecule has 1 aromatic heterocycles. The van der Waals surface area contributed by atoms with Crippen molar-refractivity contribution in [2.45, 2.75) is 64.2 Å². The summed E-state index contributed by atoms with van der Waals surface area (Å²) >= 11 is 0. The molecule has 0 aliphatic carbocycles. The van der Waals surface area contributed by atoms with Gasteiger partial charge in [-0.05, 0) is 69.1 Å². The minimum absolute atomic E-state index is 0.242. The summed E-state index contributed by atoms with van der Waals surface area (Å²) < 4.78 is 6.12. The number of para-hydroxylation sites is 2. The van der Waals surface area contributed by atoms with Crippen LogP contribution in [0.15, 0.2) is 54.9 Å². The molecule has 4 heterocycles. The highest BCUT2D eigenvalue weighted by molar-refractivity contribution is 5.90. The van der Waals surface area contributed by atoms with E-state index in [0.29, 0.717) is 23.9 Å². The molecule has 3 N–H and O–H groups in total. The molecule has 2 aromatic carbocycles. The lowest BCUT2D eigenvalue weighted by Crippen LogP contribution is -2.49. The number of aromatic carboxylic acids is 1. The lowest BCUT2D eigenvalue weighted by Gasteiger charge is -2.45. The van der Waals surface area contributed by atoms with Crippen LogP contribution in [0.3, 0.4) is 0 Å². The summed E-state index contributed by atoms with van der Waals surface area (Å²) in [5.74, 6) is 1.48. The van der Waals surface area contributed by atoms with E-state index in [1.54, 1.807) is 12.1 Å². The van der Waals surface area contributed by atoms with Gasteiger partial charge in [0.25, 0.3) is 0 Å². The molecular formula is C28H35N5O3. The fourth-order valence-corrected chi connectivity index (χ4v) is 5.83. The number of ether oxygens (including phenoxy) is 1. The van der Waals surface area contributed by atoms with E-state index in [1.165, 1.54) is 12.8 Å². The van der Waals surface area contributed by atoms with Gasteiger partial charge in [0.2, 0.25) is 0 Å². The van der Waals surface area contributed by atoms with Crippen molar-refractivity contribution in [3.05, 3.63) is 66.2 Å². The number of carbonyl (C=O) groups is 1. The number of rotatable bonds is 6. The van der Waals surface area contributed by atoms with Crippen molar-refractivity contribution in [1.82, 2.24) is 20.2 Å². The Bertz CT molecular complexity index is 1170. The number of carboxylic acids is 1. The second-order valence-corrected chi connectivity index (χ2v) is 9.60. The van der Waals surface area contributed by atoms with Crippen LogP contribution in [-0.4, -0.2) is 57.2 Å². The zero-order chi connectivity index (χ0) is 25.1. The predicted molar refractivity (Wildman–Crippen MR) is 140 cm³/mol. The van der Waals surface area contributed by atoms with Gasteiger partial charge >= 0.3 is 5.97 Å². The fourth-order valence-electron chi connectivity index (χ4n) is 5.83. The van der Waals surface area contributed by atoms with Gasteiger partial charge in [0, 0.05) is 30.5 Å². The van der Waals surface area contributed by atoms with E-state index in [1.807, 2.05) is 36.7 Å². The third-order valence-electron chi connectivity index (χ3n) is 7.42. The van der Waals surface area contributed by atoms with Crippen LogP contribution in [0.2, 0.25) is 0 Å². The van der Waals surface area contributed by atoms with Crippen LogP contribution in [0.5, 0.6) is 11.5 Å². The molecule has 0 saturated carbocycles. The molecule has 8 nitrogen and oxygen atoms in total. The molecule has 0 amide bonds. The third kappa shape index (κ3) is 4.83. The monoisotopic (exact) mass is 489 g/mol. The quantitative estimate of drug-likeness (QED) is 0.440. The number of carboxylic acid groups (broad SMARTS) is 1. The van der Waals surface area contributed by atoms with Gasteiger partial charge in [-0.15, -0.1) is 0 Å². The first kappa shape index (κ1) is 24.3. The zero-order valence-electron chi connectivity index (χ0n) is 21.0. The molecule has 2 fully saturated rings. The average molecular weight is 490 g/mol. The van der Waals surface area contributed by atoms with E-state index in [2.05, 4.69) is 45.0 Å². The Balaban J connectivity index is 0.000000489. The molecule has 36 heavy (non-hydrogen) atoms. The fraction of sp³-hybridized carbons (Fsp3) is 0.429. The van der Waals surface area contributed by atoms with Gasteiger partial charge in [-0.25, -0.2) is 9.78 Å². The summed E-state index contributed by atoms with van der Waals surface area (Å²) in [5, 5.41) is 12.5. The van der Waals surface area contributed by atoms with Crippen LogP contribution in [0.25, 0.3) is 0 Å². The van der Waals surface area contributed by atoms with Gasteiger partial charge in [-0.2, -0.15) is 0 Å². The first-order valence-electron chi connectivity index (χ1n) is 13.0. The van der Waals surface area contributed by atoms with Crippen LogP contribution in [0.4, 0.5) is 11.4 Å². The number of hydrogen-bond donors (Lipinski definition) is 3.